The zero-order valence-corrected chi connectivity index (χ0v) is 10.2. The van der Waals surface area contributed by atoms with Crippen molar-refractivity contribution in [3.8, 4) is 0 Å². The van der Waals surface area contributed by atoms with Crippen LogP contribution < -0.4 is 11.1 Å². The monoisotopic (exact) mass is 212 g/mol. The summed E-state index contributed by atoms with van der Waals surface area (Å²) >= 11 is 0. The predicted octanol–water partition coefficient (Wildman–Crippen LogP) is 1.81. The van der Waals surface area contributed by atoms with Crippen molar-refractivity contribution in [2.24, 2.45) is 11.1 Å². The Kier molecular flexibility index (Phi) is 4.14. The number of carbonyl (C=O) groups excluding carboxylic acids is 1. The molecule has 3 heteroatoms. The lowest BCUT2D eigenvalue weighted by molar-refractivity contribution is -0.123. The topological polar surface area (TPSA) is 55.1 Å². The van der Waals surface area contributed by atoms with Crippen LogP contribution in [-0.4, -0.2) is 18.0 Å². The van der Waals surface area contributed by atoms with Gasteiger partial charge in [-0.1, -0.05) is 20.8 Å². The summed E-state index contributed by atoms with van der Waals surface area (Å²) in [6.07, 6.45) is 5.28. The molecule has 1 fully saturated rings. The van der Waals surface area contributed by atoms with E-state index >= 15 is 0 Å². The van der Waals surface area contributed by atoms with E-state index in [4.69, 9.17) is 5.73 Å². The third-order valence-electron chi connectivity index (χ3n) is 3.46. The Morgan fingerprint density at radius 3 is 2.47 bits per heavy atom. The first kappa shape index (κ1) is 12.5. The quantitative estimate of drug-likeness (QED) is 0.749. The van der Waals surface area contributed by atoms with Gasteiger partial charge >= 0.3 is 0 Å². The highest BCUT2D eigenvalue weighted by Crippen LogP contribution is 2.34. The number of hydrogen-bond donors (Lipinski definition) is 2. The SMILES string of the molecule is CC[C@@H](N)C(=O)NC1CCC(C)(C)CC1. The average Bonchev–Trinajstić information content (AvgIpc) is 2.20. The summed E-state index contributed by atoms with van der Waals surface area (Å²) in [7, 11) is 0. The number of hydrogen-bond acceptors (Lipinski definition) is 2. The summed E-state index contributed by atoms with van der Waals surface area (Å²) < 4.78 is 0. The number of carbonyl (C=O) groups is 1. The molecule has 0 saturated heterocycles. The van der Waals surface area contributed by atoms with Crippen molar-refractivity contribution in [2.75, 3.05) is 0 Å². The molecule has 1 aliphatic rings. The molecule has 0 bridgehead atoms. The molecule has 88 valence electrons. The van der Waals surface area contributed by atoms with Gasteiger partial charge in [-0.3, -0.25) is 4.79 Å². The molecule has 1 rings (SSSR count). The molecule has 15 heavy (non-hydrogen) atoms. The summed E-state index contributed by atoms with van der Waals surface area (Å²) in [6.45, 7) is 6.53. The molecule has 1 amide bonds. The molecule has 0 unspecified atom stereocenters. The first-order valence-corrected chi connectivity index (χ1v) is 6.00. The van der Waals surface area contributed by atoms with Crippen LogP contribution in [0.5, 0.6) is 0 Å². The van der Waals surface area contributed by atoms with E-state index in [9.17, 15) is 4.79 Å². The zero-order chi connectivity index (χ0) is 11.5. The predicted molar refractivity (Wildman–Crippen MR) is 62.4 cm³/mol. The van der Waals surface area contributed by atoms with Crippen LogP contribution >= 0.6 is 0 Å². The minimum absolute atomic E-state index is 0.0159. The molecule has 1 saturated carbocycles. The highest BCUT2D eigenvalue weighted by Gasteiger charge is 2.28. The lowest BCUT2D eigenvalue weighted by Crippen LogP contribution is -2.46. The standard InChI is InChI=1S/C12H24N2O/c1-4-10(13)11(15)14-9-5-7-12(2,3)8-6-9/h9-10H,4-8,13H2,1-3H3,(H,14,15)/t10-/m1/s1. The van der Waals surface area contributed by atoms with Crippen LogP contribution in [-0.2, 0) is 4.79 Å². The summed E-state index contributed by atoms with van der Waals surface area (Å²) in [5.41, 5.74) is 6.13. The van der Waals surface area contributed by atoms with Crippen LogP contribution in [0.2, 0.25) is 0 Å². The Hall–Kier alpha value is -0.570. The fraction of sp³-hybridized carbons (Fsp3) is 0.917. The molecule has 0 radical (unpaired) electrons. The Labute approximate surface area is 92.8 Å². The minimum atomic E-state index is -0.333. The van der Waals surface area contributed by atoms with Crippen molar-refractivity contribution in [2.45, 2.75) is 65.0 Å². The second-order valence-corrected chi connectivity index (χ2v) is 5.46. The lowest BCUT2D eigenvalue weighted by Gasteiger charge is -2.34. The Bertz CT molecular complexity index is 216. The van der Waals surface area contributed by atoms with E-state index in [1.807, 2.05) is 6.92 Å². The second-order valence-electron chi connectivity index (χ2n) is 5.46. The molecular weight excluding hydrogens is 188 g/mol. The van der Waals surface area contributed by atoms with Crippen molar-refractivity contribution in [1.29, 1.82) is 0 Å². The molecule has 0 aromatic rings. The van der Waals surface area contributed by atoms with Gasteiger partial charge in [-0.05, 0) is 37.5 Å². The molecule has 1 aliphatic carbocycles. The van der Waals surface area contributed by atoms with Crippen LogP contribution in [0.15, 0.2) is 0 Å². The van der Waals surface area contributed by atoms with Gasteiger partial charge < -0.3 is 11.1 Å². The smallest absolute Gasteiger partial charge is 0.237 e. The van der Waals surface area contributed by atoms with E-state index in [0.717, 1.165) is 12.8 Å². The minimum Gasteiger partial charge on any atom is -0.352 e. The number of nitrogens with one attached hydrogen (secondary N) is 1. The maximum atomic E-state index is 11.6. The van der Waals surface area contributed by atoms with Crippen molar-refractivity contribution < 1.29 is 4.79 Å². The van der Waals surface area contributed by atoms with Crippen LogP contribution in [0.4, 0.5) is 0 Å². The van der Waals surface area contributed by atoms with Crippen LogP contribution in [0.25, 0.3) is 0 Å². The number of amides is 1. The van der Waals surface area contributed by atoms with Crippen LogP contribution in [0.1, 0.15) is 52.9 Å². The number of rotatable bonds is 3. The number of nitrogens with two attached hydrogens (primary N) is 1. The average molecular weight is 212 g/mol. The molecule has 0 heterocycles. The molecule has 0 aromatic carbocycles. The third-order valence-corrected chi connectivity index (χ3v) is 3.46. The summed E-state index contributed by atoms with van der Waals surface area (Å²) in [4.78, 5) is 11.6. The van der Waals surface area contributed by atoms with Gasteiger partial charge in [-0.2, -0.15) is 0 Å². The van der Waals surface area contributed by atoms with Crippen LogP contribution in [0.3, 0.4) is 0 Å². The van der Waals surface area contributed by atoms with Gasteiger partial charge in [-0.25, -0.2) is 0 Å². The van der Waals surface area contributed by atoms with Gasteiger partial charge in [0.05, 0.1) is 6.04 Å². The van der Waals surface area contributed by atoms with E-state index in [2.05, 4.69) is 19.2 Å². The van der Waals surface area contributed by atoms with Crippen LogP contribution in [0, 0.1) is 5.41 Å². The summed E-state index contributed by atoms with van der Waals surface area (Å²) in [5.74, 6) is 0.0159. The fourth-order valence-corrected chi connectivity index (χ4v) is 2.04. The zero-order valence-electron chi connectivity index (χ0n) is 10.2. The lowest BCUT2D eigenvalue weighted by atomic mass is 9.75. The van der Waals surface area contributed by atoms with Gasteiger partial charge in [0.15, 0.2) is 0 Å². The summed E-state index contributed by atoms with van der Waals surface area (Å²) in [6, 6.07) is 0.0167. The van der Waals surface area contributed by atoms with Gasteiger partial charge in [-0.15, -0.1) is 0 Å². The second kappa shape index (κ2) is 4.97. The van der Waals surface area contributed by atoms with Crippen molar-refractivity contribution in [1.82, 2.24) is 5.32 Å². The van der Waals surface area contributed by atoms with Gasteiger partial charge in [0.2, 0.25) is 5.91 Å². The highest BCUT2D eigenvalue weighted by atomic mass is 16.2. The molecule has 0 aromatic heterocycles. The Morgan fingerprint density at radius 1 is 1.47 bits per heavy atom. The van der Waals surface area contributed by atoms with E-state index in [-0.39, 0.29) is 11.9 Å². The first-order valence-electron chi connectivity index (χ1n) is 6.00. The van der Waals surface area contributed by atoms with Gasteiger partial charge in [0.25, 0.3) is 0 Å². The van der Waals surface area contributed by atoms with E-state index < -0.39 is 0 Å². The van der Waals surface area contributed by atoms with Crippen molar-refractivity contribution in [3.05, 3.63) is 0 Å². The largest absolute Gasteiger partial charge is 0.352 e. The van der Waals surface area contributed by atoms with Crippen molar-refractivity contribution >= 4 is 5.91 Å². The molecule has 0 aliphatic heterocycles. The third kappa shape index (κ3) is 3.82. The van der Waals surface area contributed by atoms with E-state index in [1.54, 1.807) is 0 Å². The Morgan fingerprint density at radius 2 is 2.00 bits per heavy atom. The molecule has 0 spiro atoms. The van der Waals surface area contributed by atoms with E-state index in [0.29, 0.717) is 17.9 Å². The maximum Gasteiger partial charge on any atom is 0.237 e. The summed E-state index contributed by atoms with van der Waals surface area (Å²) in [5, 5.41) is 3.04. The van der Waals surface area contributed by atoms with Crippen molar-refractivity contribution in [3.63, 3.8) is 0 Å². The molecule has 3 nitrogen and oxygen atoms in total. The van der Waals surface area contributed by atoms with E-state index in [1.165, 1.54) is 12.8 Å². The molecular formula is C12H24N2O. The Balaban J connectivity index is 2.33. The molecule has 1 atom stereocenters. The highest BCUT2D eigenvalue weighted by molar-refractivity contribution is 5.81. The first-order chi connectivity index (χ1) is 6.94. The fourth-order valence-electron chi connectivity index (χ4n) is 2.04. The maximum absolute atomic E-state index is 11.6. The van der Waals surface area contributed by atoms with Gasteiger partial charge in [0.1, 0.15) is 0 Å². The molecule has 3 N–H and O–H groups in total. The normalized spacial score (nSPS) is 23.5. The van der Waals surface area contributed by atoms with Gasteiger partial charge in [0, 0.05) is 6.04 Å².